The minimum Gasteiger partial charge on any atom is -0.330 e. The normalized spacial score (nSPS) is 12.4. The number of rotatable bonds is 8. The van der Waals surface area contributed by atoms with Gasteiger partial charge in [-0.05, 0) is 36.6 Å². The molecule has 0 aliphatic heterocycles. The van der Waals surface area contributed by atoms with Crippen LogP contribution in [0.15, 0.2) is 36.4 Å². The van der Waals surface area contributed by atoms with Gasteiger partial charge in [-0.3, -0.25) is 9.59 Å². The second-order valence-electron chi connectivity index (χ2n) is 5.41. The van der Waals surface area contributed by atoms with Crippen molar-refractivity contribution in [2.45, 2.75) is 40.2 Å². The molecule has 22 heavy (non-hydrogen) atoms. The van der Waals surface area contributed by atoms with Crippen LogP contribution in [-0.4, -0.2) is 23.1 Å². The Morgan fingerprint density at radius 1 is 1.23 bits per heavy atom. The van der Waals surface area contributed by atoms with Gasteiger partial charge in [-0.1, -0.05) is 39.0 Å². The lowest BCUT2D eigenvalue weighted by Crippen LogP contribution is -2.38. The average molecular weight is 305 g/mol. The Kier molecular flexibility index (Phi) is 7.50. The molecule has 4 heteroatoms. The van der Waals surface area contributed by atoms with Crippen molar-refractivity contribution in [3.8, 4) is 0 Å². The number of halogens is 1. The third-order valence-corrected chi connectivity index (χ3v) is 3.52. The van der Waals surface area contributed by atoms with Crippen LogP contribution in [0.4, 0.5) is 4.39 Å². The minimum absolute atomic E-state index is 0.0509. The van der Waals surface area contributed by atoms with Gasteiger partial charge in [0, 0.05) is 12.5 Å². The number of carbonyl (C=O) groups is 2. The Bertz CT molecular complexity index is 522. The van der Waals surface area contributed by atoms with E-state index in [1.807, 2.05) is 20.8 Å². The van der Waals surface area contributed by atoms with Gasteiger partial charge in [0.05, 0.1) is 6.54 Å². The van der Waals surface area contributed by atoms with E-state index in [4.69, 9.17) is 0 Å². The average Bonchev–Trinajstić information content (AvgIpc) is 2.52. The Morgan fingerprint density at radius 2 is 1.86 bits per heavy atom. The molecule has 3 nitrogen and oxygen atoms in total. The Labute approximate surface area is 131 Å². The van der Waals surface area contributed by atoms with Crippen molar-refractivity contribution < 1.29 is 14.0 Å². The molecule has 0 saturated carbocycles. The van der Waals surface area contributed by atoms with Crippen molar-refractivity contribution in [1.29, 1.82) is 0 Å². The van der Waals surface area contributed by atoms with Crippen molar-refractivity contribution in [1.82, 2.24) is 4.90 Å². The summed E-state index contributed by atoms with van der Waals surface area (Å²) in [6.07, 6.45) is 4.80. The third kappa shape index (κ3) is 5.80. The summed E-state index contributed by atoms with van der Waals surface area (Å²) in [7, 11) is 0. The first-order valence-electron chi connectivity index (χ1n) is 7.70. The van der Waals surface area contributed by atoms with Crippen LogP contribution in [0.2, 0.25) is 0 Å². The summed E-state index contributed by atoms with van der Waals surface area (Å²) in [6, 6.07) is 6.00. The maximum atomic E-state index is 13.0. The van der Waals surface area contributed by atoms with Crippen LogP contribution in [0.25, 0.3) is 0 Å². The zero-order valence-electron chi connectivity index (χ0n) is 13.5. The quantitative estimate of drug-likeness (QED) is 0.686. The molecule has 1 amide bonds. The highest BCUT2D eigenvalue weighted by Crippen LogP contribution is 2.12. The number of benzene rings is 1. The van der Waals surface area contributed by atoms with Crippen LogP contribution < -0.4 is 0 Å². The van der Waals surface area contributed by atoms with Crippen LogP contribution in [0.5, 0.6) is 0 Å². The van der Waals surface area contributed by atoms with Crippen molar-refractivity contribution in [2.24, 2.45) is 5.92 Å². The molecule has 120 valence electrons. The highest BCUT2D eigenvalue weighted by atomic mass is 19.1. The molecule has 0 heterocycles. The van der Waals surface area contributed by atoms with Crippen LogP contribution in [-0.2, 0) is 16.1 Å². The van der Waals surface area contributed by atoms with Gasteiger partial charge < -0.3 is 4.90 Å². The number of hydrogen-bond donors (Lipinski definition) is 0. The number of ketones is 1. The van der Waals surface area contributed by atoms with Gasteiger partial charge >= 0.3 is 0 Å². The summed E-state index contributed by atoms with van der Waals surface area (Å²) < 4.78 is 13.0. The molecule has 1 atom stereocenters. The predicted molar refractivity (Wildman–Crippen MR) is 85.7 cm³/mol. The van der Waals surface area contributed by atoms with Crippen LogP contribution in [0.1, 0.15) is 39.2 Å². The molecule has 0 radical (unpaired) electrons. The lowest BCUT2D eigenvalue weighted by molar-refractivity contribution is -0.138. The summed E-state index contributed by atoms with van der Waals surface area (Å²) >= 11 is 0. The molecule has 0 aromatic heterocycles. The first-order valence-corrected chi connectivity index (χ1v) is 7.70. The van der Waals surface area contributed by atoms with E-state index in [-0.39, 0.29) is 30.0 Å². The molecule has 0 fully saturated rings. The van der Waals surface area contributed by atoms with Crippen LogP contribution >= 0.6 is 0 Å². The Balaban J connectivity index is 2.85. The maximum Gasteiger partial charge on any atom is 0.226 e. The molecule has 1 rings (SSSR count). The first kappa shape index (κ1) is 18.1. The fourth-order valence-corrected chi connectivity index (χ4v) is 2.00. The second kappa shape index (κ2) is 9.13. The Morgan fingerprint density at radius 3 is 2.41 bits per heavy atom. The summed E-state index contributed by atoms with van der Waals surface area (Å²) in [4.78, 5) is 25.9. The fourth-order valence-electron chi connectivity index (χ4n) is 2.00. The van der Waals surface area contributed by atoms with Gasteiger partial charge in [-0.25, -0.2) is 4.39 Å². The second-order valence-corrected chi connectivity index (χ2v) is 5.41. The van der Waals surface area contributed by atoms with Crippen LogP contribution in [0, 0.1) is 11.7 Å². The zero-order chi connectivity index (χ0) is 16.5. The van der Waals surface area contributed by atoms with E-state index in [0.29, 0.717) is 6.54 Å². The SMILES string of the molecule is CC/C=C\C(=O)CN(Cc1ccc(F)cc1)C(=O)[C@H](C)CC. The maximum absolute atomic E-state index is 13.0. The predicted octanol–water partition coefficient (Wildman–Crippen LogP) is 3.74. The number of hydrogen-bond acceptors (Lipinski definition) is 2. The number of amides is 1. The molecule has 0 aliphatic rings. The monoisotopic (exact) mass is 305 g/mol. The highest BCUT2D eigenvalue weighted by Gasteiger charge is 2.21. The van der Waals surface area contributed by atoms with E-state index in [2.05, 4.69) is 0 Å². The lowest BCUT2D eigenvalue weighted by Gasteiger charge is -2.24. The number of carbonyl (C=O) groups excluding carboxylic acids is 2. The minimum atomic E-state index is -0.314. The van der Waals surface area contributed by atoms with E-state index in [1.54, 1.807) is 23.1 Å². The number of allylic oxidation sites excluding steroid dienone is 1. The molecular weight excluding hydrogens is 281 g/mol. The largest absolute Gasteiger partial charge is 0.330 e. The first-order chi connectivity index (χ1) is 10.5. The van der Waals surface area contributed by atoms with Crippen LogP contribution in [0.3, 0.4) is 0 Å². The van der Waals surface area contributed by atoms with Gasteiger partial charge in [-0.2, -0.15) is 0 Å². The summed E-state index contributed by atoms with van der Waals surface area (Å²) in [5.74, 6) is -0.598. The molecular formula is C18H24FNO2. The third-order valence-electron chi connectivity index (χ3n) is 3.52. The van der Waals surface area contributed by atoms with E-state index in [0.717, 1.165) is 18.4 Å². The van der Waals surface area contributed by atoms with Gasteiger partial charge in [-0.15, -0.1) is 0 Å². The summed E-state index contributed by atoms with van der Waals surface area (Å²) in [6.45, 7) is 6.11. The summed E-state index contributed by atoms with van der Waals surface area (Å²) in [5.41, 5.74) is 0.810. The van der Waals surface area contributed by atoms with Crippen molar-refractivity contribution >= 4 is 11.7 Å². The molecule has 1 aromatic carbocycles. The van der Waals surface area contributed by atoms with Gasteiger partial charge in [0.1, 0.15) is 5.82 Å². The van der Waals surface area contributed by atoms with Crippen molar-refractivity contribution in [3.05, 3.63) is 47.8 Å². The molecule has 0 aliphatic carbocycles. The highest BCUT2D eigenvalue weighted by molar-refractivity contribution is 5.94. The van der Waals surface area contributed by atoms with Crippen molar-refractivity contribution in [2.75, 3.05) is 6.54 Å². The van der Waals surface area contributed by atoms with Gasteiger partial charge in [0.25, 0.3) is 0 Å². The number of nitrogens with zero attached hydrogens (tertiary/aromatic N) is 1. The zero-order valence-corrected chi connectivity index (χ0v) is 13.5. The van der Waals surface area contributed by atoms with E-state index >= 15 is 0 Å². The smallest absolute Gasteiger partial charge is 0.226 e. The van der Waals surface area contributed by atoms with Gasteiger partial charge in [0.15, 0.2) is 5.78 Å². The fraction of sp³-hybridized carbons (Fsp3) is 0.444. The molecule has 0 spiro atoms. The van der Waals surface area contributed by atoms with Crippen molar-refractivity contribution in [3.63, 3.8) is 0 Å². The molecule has 0 saturated heterocycles. The van der Waals surface area contributed by atoms with Gasteiger partial charge in [0.2, 0.25) is 5.91 Å². The molecule has 0 unspecified atom stereocenters. The molecule has 0 bridgehead atoms. The van der Waals surface area contributed by atoms with E-state index in [9.17, 15) is 14.0 Å². The van der Waals surface area contributed by atoms with E-state index < -0.39 is 0 Å². The standard InChI is InChI=1S/C18H24FNO2/c1-4-6-7-17(21)13-20(18(22)14(3)5-2)12-15-8-10-16(19)11-9-15/h6-11,14H,4-5,12-13H2,1-3H3/b7-6-/t14-/m1/s1. The molecule has 1 aromatic rings. The summed E-state index contributed by atoms with van der Waals surface area (Å²) in [5, 5.41) is 0. The lowest BCUT2D eigenvalue weighted by atomic mass is 10.1. The molecule has 0 N–H and O–H groups in total. The van der Waals surface area contributed by atoms with E-state index in [1.165, 1.54) is 18.2 Å². The Hall–Kier alpha value is -1.97. The topological polar surface area (TPSA) is 37.4 Å².